The Hall–Kier alpha value is -1.62. The standard InChI is InChI=1S/C14H12FNO2S/c1-7-4-8-12(14(17)18)9-6-19-3-2-11(9)16-13(8)10(15)5-7/h4-5H,2-3,6H2,1H3,(H,17,18). The molecule has 0 atom stereocenters. The Morgan fingerprint density at radius 2 is 2.26 bits per heavy atom. The van der Waals surface area contributed by atoms with Crippen LogP contribution in [0.5, 0.6) is 0 Å². The molecular formula is C14H12FNO2S. The van der Waals surface area contributed by atoms with Crippen molar-refractivity contribution in [3.05, 3.63) is 40.3 Å². The van der Waals surface area contributed by atoms with E-state index in [1.807, 2.05) is 0 Å². The first-order valence-corrected chi connectivity index (χ1v) is 7.16. The van der Waals surface area contributed by atoms with E-state index in [4.69, 9.17) is 0 Å². The lowest BCUT2D eigenvalue weighted by atomic mass is 9.98. The lowest BCUT2D eigenvalue weighted by Gasteiger charge is -2.19. The Balaban J connectivity index is 2.46. The Kier molecular flexibility index (Phi) is 2.93. The van der Waals surface area contributed by atoms with E-state index < -0.39 is 11.8 Å². The number of halogens is 1. The van der Waals surface area contributed by atoms with Crippen molar-refractivity contribution < 1.29 is 14.3 Å². The number of nitrogens with zero attached hydrogens (tertiary/aromatic N) is 1. The molecule has 3 nitrogen and oxygen atoms in total. The van der Waals surface area contributed by atoms with E-state index in [0.717, 1.165) is 17.0 Å². The van der Waals surface area contributed by atoms with Gasteiger partial charge in [0.05, 0.1) is 5.56 Å². The molecule has 1 aromatic heterocycles. The van der Waals surface area contributed by atoms with Crippen LogP contribution in [0.15, 0.2) is 12.1 Å². The van der Waals surface area contributed by atoms with Gasteiger partial charge >= 0.3 is 5.97 Å². The Morgan fingerprint density at radius 3 is 3.00 bits per heavy atom. The highest BCUT2D eigenvalue weighted by Crippen LogP contribution is 2.32. The van der Waals surface area contributed by atoms with E-state index in [1.165, 1.54) is 6.07 Å². The van der Waals surface area contributed by atoms with Crippen molar-refractivity contribution in [2.45, 2.75) is 19.1 Å². The molecule has 0 saturated heterocycles. The van der Waals surface area contributed by atoms with Gasteiger partial charge < -0.3 is 5.11 Å². The van der Waals surface area contributed by atoms with Crippen molar-refractivity contribution in [1.29, 1.82) is 0 Å². The summed E-state index contributed by atoms with van der Waals surface area (Å²) in [5, 5.41) is 9.87. The summed E-state index contributed by atoms with van der Waals surface area (Å²) in [6.45, 7) is 1.75. The van der Waals surface area contributed by atoms with E-state index in [1.54, 1.807) is 24.8 Å². The van der Waals surface area contributed by atoms with E-state index in [9.17, 15) is 14.3 Å². The summed E-state index contributed by atoms with van der Waals surface area (Å²) < 4.78 is 14.0. The molecule has 3 rings (SSSR count). The van der Waals surface area contributed by atoms with Gasteiger partial charge in [-0.2, -0.15) is 11.8 Å². The van der Waals surface area contributed by atoms with E-state index in [0.29, 0.717) is 23.1 Å². The SMILES string of the molecule is Cc1cc(F)c2nc3c(c(C(=O)O)c2c1)CSCC3. The highest BCUT2D eigenvalue weighted by Gasteiger charge is 2.23. The van der Waals surface area contributed by atoms with Crippen LogP contribution in [-0.2, 0) is 12.2 Å². The van der Waals surface area contributed by atoms with E-state index >= 15 is 0 Å². The number of rotatable bonds is 1. The minimum absolute atomic E-state index is 0.175. The predicted molar refractivity (Wildman–Crippen MR) is 73.3 cm³/mol. The van der Waals surface area contributed by atoms with E-state index in [2.05, 4.69) is 4.98 Å². The van der Waals surface area contributed by atoms with Crippen LogP contribution in [0.1, 0.15) is 27.2 Å². The lowest BCUT2D eigenvalue weighted by molar-refractivity contribution is 0.0698. The highest BCUT2D eigenvalue weighted by molar-refractivity contribution is 7.98. The quantitative estimate of drug-likeness (QED) is 0.870. The molecule has 0 unspecified atom stereocenters. The summed E-state index contributed by atoms with van der Waals surface area (Å²) >= 11 is 1.69. The van der Waals surface area contributed by atoms with Crippen LogP contribution in [-0.4, -0.2) is 21.8 Å². The molecule has 2 heterocycles. The fraction of sp³-hybridized carbons (Fsp3) is 0.286. The Bertz CT molecular complexity index is 700. The number of fused-ring (bicyclic) bond motifs is 2. The molecule has 0 bridgehead atoms. The van der Waals surface area contributed by atoms with Crippen molar-refractivity contribution in [3.63, 3.8) is 0 Å². The van der Waals surface area contributed by atoms with Gasteiger partial charge in [0.15, 0.2) is 0 Å². The second-order valence-electron chi connectivity index (χ2n) is 4.66. The molecule has 0 radical (unpaired) electrons. The number of thioether (sulfide) groups is 1. The summed E-state index contributed by atoms with van der Waals surface area (Å²) in [6.07, 6.45) is 0.698. The number of aryl methyl sites for hydroxylation is 2. The number of hydrogen-bond donors (Lipinski definition) is 1. The first kappa shape index (κ1) is 12.4. The summed E-state index contributed by atoms with van der Waals surface area (Å²) in [5.74, 6) is 0.0859. The second kappa shape index (κ2) is 4.49. The molecule has 1 aliphatic heterocycles. The first-order valence-electron chi connectivity index (χ1n) is 6.00. The third kappa shape index (κ3) is 1.98. The van der Waals surface area contributed by atoms with Crippen LogP contribution >= 0.6 is 11.8 Å². The zero-order chi connectivity index (χ0) is 13.6. The molecule has 0 spiro atoms. The van der Waals surface area contributed by atoms with Crippen molar-refractivity contribution in [1.82, 2.24) is 4.98 Å². The van der Waals surface area contributed by atoms with Crippen LogP contribution in [0.25, 0.3) is 10.9 Å². The smallest absolute Gasteiger partial charge is 0.336 e. The number of hydrogen-bond acceptors (Lipinski definition) is 3. The molecular weight excluding hydrogens is 265 g/mol. The summed E-state index contributed by atoms with van der Waals surface area (Å²) in [4.78, 5) is 15.9. The van der Waals surface area contributed by atoms with Gasteiger partial charge in [-0.1, -0.05) is 0 Å². The maximum atomic E-state index is 14.0. The molecule has 0 amide bonds. The molecule has 1 N–H and O–H groups in total. The van der Waals surface area contributed by atoms with Gasteiger partial charge in [0.25, 0.3) is 0 Å². The third-order valence-corrected chi connectivity index (χ3v) is 4.30. The van der Waals surface area contributed by atoms with Crippen molar-refractivity contribution >= 4 is 28.6 Å². The zero-order valence-corrected chi connectivity index (χ0v) is 11.2. The third-order valence-electron chi connectivity index (χ3n) is 3.32. The number of aromatic carboxylic acids is 1. The number of aromatic nitrogens is 1. The lowest BCUT2D eigenvalue weighted by Crippen LogP contribution is -2.13. The molecule has 98 valence electrons. The summed E-state index contributed by atoms with van der Waals surface area (Å²) in [7, 11) is 0. The topological polar surface area (TPSA) is 50.2 Å². The summed E-state index contributed by atoms with van der Waals surface area (Å²) in [5.41, 5.74) is 2.58. The number of carbonyl (C=O) groups is 1. The minimum Gasteiger partial charge on any atom is -0.478 e. The normalized spacial score (nSPS) is 14.4. The highest BCUT2D eigenvalue weighted by atomic mass is 32.2. The second-order valence-corrected chi connectivity index (χ2v) is 5.77. The molecule has 0 fully saturated rings. The molecule has 0 saturated carbocycles. The van der Waals surface area contributed by atoms with Crippen LogP contribution < -0.4 is 0 Å². The van der Waals surface area contributed by atoms with Gasteiger partial charge in [-0.15, -0.1) is 0 Å². The Morgan fingerprint density at radius 1 is 1.47 bits per heavy atom. The van der Waals surface area contributed by atoms with Crippen molar-refractivity contribution in [3.8, 4) is 0 Å². The molecule has 1 aliphatic rings. The van der Waals surface area contributed by atoms with Gasteiger partial charge in [-0.3, -0.25) is 0 Å². The average Bonchev–Trinajstić information content (AvgIpc) is 2.36. The average molecular weight is 277 g/mol. The number of pyridine rings is 1. The molecule has 5 heteroatoms. The monoisotopic (exact) mass is 277 g/mol. The molecule has 1 aromatic carbocycles. The molecule has 0 aliphatic carbocycles. The summed E-state index contributed by atoms with van der Waals surface area (Å²) in [6, 6.07) is 3.10. The van der Waals surface area contributed by atoms with Gasteiger partial charge in [0.1, 0.15) is 11.3 Å². The minimum atomic E-state index is -1.00. The fourth-order valence-corrected chi connectivity index (χ4v) is 3.49. The largest absolute Gasteiger partial charge is 0.478 e. The zero-order valence-electron chi connectivity index (χ0n) is 10.4. The number of carboxylic acid groups (broad SMARTS) is 1. The predicted octanol–water partition coefficient (Wildman–Crippen LogP) is 3.17. The van der Waals surface area contributed by atoms with Gasteiger partial charge in [-0.05, 0) is 42.4 Å². The van der Waals surface area contributed by atoms with E-state index in [-0.39, 0.29) is 11.1 Å². The molecule has 19 heavy (non-hydrogen) atoms. The van der Waals surface area contributed by atoms with Gasteiger partial charge in [0, 0.05) is 16.8 Å². The first-order chi connectivity index (χ1) is 9.08. The number of carboxylic acids is 1. The van der Waals surface area contributed by atoms with Crippen LogP contribution in [0.2, 0.25) is 0 Å². The van der Waals surface area contributed by atoms with Gasteiger partial charge in [0.2, 0.25) is 0 Å². The molecule has 2 aromatic rings. The maximum Gasteiger partial charge on any atom is 0.336 e. The van der Waals surface area contributed by atoms with Crippen LogP contribution in [0, 0.1) is 12.7 Å². The van der Waals surface area contributed by atoms with Crippen LogP contribution in [0.4, 0.5) is 4.39 Å². The Labute approximate surface area is 113 Å². The maximum absolute atomic E-state index is 14.0. The fourth-order valence-electron chi connectivity index (χ4n) is 2.50. The van der Waals surface area contributed by atoms with Crippen LogP contribution in [0.3, 0.4) is 0 Å². The van der Waals surface area contributed by atoms with Gasteiger partial charge in [-0.25, -0.2) is 14.2 Å². The van der Waals surface area contributed by atoms with Crippen molar-refractivity contribution in [2.75, 3.05) is 5.75 Å². The number of benzene rings is 1. The van der Waals surface area contributed by atoms with Crippen molar-refractivity contribution in [2.24, 2.45) is 0 Å².